The molecule has 24 heavy (non-hydrogen) atoms. The average Bonchev–Trinajstić information content (AvgIpc) is 2.60. The number of hydrogen-bond donors (Lipinski definition) is 1. The number of hydrogen-bond acceptors (Lipinski definition) is 5. The predicted molar refractivity (Wildman–Crippen MR) is 97.6 cm³/mol. The molecule has 0 saturated carbocycles. The molecule has 0 amide bonds. The molecule has 0 aliphatic heterocycles. The van der Waals surface area contributed by atoms with Gasteiger partial charge >= 0.3 is 5.97 Å². The summed E-state index contributed by atoms with van der Waals surface area (Å²) >= 11 is 0. The molecule has 0 bridgehead atoms. The maximum absolute atomic E-state index is 11.7. The minimum absolute atomic E-state index is 0.351. The van der Waals surface area contributed by atoms with Gasteiger partial charge in [-0.25, -0.2) is 10.6 Å². The van der Waals surface area contributed by atoms with Gasteiger partial charge < -0.3 is 4.74 Å². The second-order valence-corrected chi connectivity index (χ2v) is 5.90. The van der Waals surface area contributed by atoms with Crippen LogP contribution in [0.2, 0.25) is 0 Å². The van der Waals surface area contributed by atoms with Crippen LogP contribution in [-0.2, 0) is 9.57 Å². The van der Waals surface area contributed by atoms with Crippen LogP contribution in [0.4, 0.5) is 5.69 Å². The summed E-state index contributed by atoms with van der Waals surface area (Å²) in [6, 6.07) is 6.94. The number of anilines is 1. The van der Waals surface area contributed by atoms with Crippen molar-refractivity contribution in [3.8, 4) is 0 Å². The summed E-state index contributed by atoms with van der Waals surface area (Å²) in [5, 5.41) is 1.23. The molecule has 0 aliphatic carbocycles. The van der Waals surface area contributed by atoms with E-state index >= 15 is 0 Å². The number of hydrazine groups is 1. The van der Waals surface area contributed by atoms with Crippen molar-refractivity contribution < 1.29 is 14.4 Å². The van der Waals surface area contributed by atoms with Crippen molar-refractivity contribution in [3.05, 3.63) is 29.8 Å². The zero-order valence-corrected chi connectivity index (χ0v) is 15.1. The normalized spacial score (nSPS) is 10.6. The molecular weight excluding hydrogens is 304 g/mol. The molecule has 136 valence electrons. The van der Waals surface area contributed by atoms with Crippen molar-refractivity contribution in [2.75, 3.05) is 18.4 Å². The van der Waals surface area contributed by atoms with Gasteiger partial charge in [0, 0.05) is 0 Å². The summed E-state index contributed by atoms with van der Waals surface area (Å²) < 4.78 is 4.98. The second-order valence-electron chi connectivity index (χ2n) is 5.90. The van der Waals surface area contributed by atoms with Gasteiger partial charge in [-0.05, 0) is 31.5 Å². The number of benzene rings is 1. The van der Waals surface area contributed by atoms with Gasteiger partial charge in [0.05, 0.1) is 24.5 Å². The smallest absolute Gasteiger partial charge is 0.338 e. The van der Waals surface area contributed by atoms with Crippen LogP contribution >= 0.6 is 0 Å². The van der Waals surface area contributed by atoms with Gasteiger partial charge in [0.1, 0.15) is 0 Å². The number of ether oxygens (including phenoxy) is 1. The lowest BCUT2D eigenvalue weighted by atomic mass is 10.1. The van der Waals surface area contributed by atoms with Crippen LogP contribution in [0.3, 0.4) is 0 Å². The van der Waals surface area contributed by atoms with Gasteiger partial charge in [0.25, 0.3) is 0 Å². The summed E-state index contributed by atoms with van der Waals surface area (Å²) in [5.41, 5.74) is 1.11. The molecule has 5 heteroatoms. The first-order valence-electron chi connectivity index (χ1n) is 9.14. The lowest BCUT2D eigenvalue weighted by Crippen LogP contribution is -2.31. The fraction of sp³-hybridized carbons (Fsp3) is 0.632. The van der Waals surface area contributed by atoms with E-state index < -0.39 is 0 Å². The lowest BCUT2D eigenvalue weighted by Gasteiger charge is -2.18. The van der Waals surface area contributed by atoms with Gasteiger partial charge in [-0.2, -0.15) is 5.17 Å². The minimum atomic E-state index is -0.351. The van der Waals surface area contributed by atoms with E-state index in [-0.39, 0.29) is 5.97 Å². The number of esters is 1. The Labute approximate surface area is 146 Å². The van der Waals surface area contributed by atoms with Gasteiger partial charge in [-0.15, -0.1) is 0 Å². The molecule has 1 aromatic carbocycles. The third kappa shape index (κ3) is 8.31. The van der Waals surface area contributed by atoms with Crippen molar-refractivity contribution in [3.63, 3.8) is 0 Å². The summed E-state index contributed by atoms with van der Waals surface area (Å²) in [7, 11) is 0. The fourth-order valence-corrected chi connectivity index (χ4v) is 2.46. The average molecular weight is 336 g/mol. The molecule has 0 heterocycles. The zero-order chi connectivity index (χ0) is 17.6. The van der Waals surface area contributed by atoms with E-state index in [2.05, 4.69) is 6.92 Å². The van der Waals surface area contributed by atoms with Crippen LogP contribution in [-0.4, -0.2) is 19.2 Å². The summed E-state index contributed by atoms with van der Waals surface area (Å²) in [6.07, 6.45) is 10.00. The quantitative estimate of drug-likeness (QED) is 0.246. The molecule has 2 N–H and O–H groups in total. The first-order valence-corrected chi connectivity index (χ1v) is 9.14. The van der Waals surface area contributed by atoms with E-state index in [0.717, 1.165) is 12.8 Å². The van der Waals surface area contributed by atoms with E-state index in [1.165, 1.54) is 43.7 Å². The topological polar surface area (TPSA) is 64.8 Å². The molecule has 1 aromatic rings. The Morgan fingerprint density at radius 3 is 2.38 bits per heavy atom. The van der Waals surface area contributed by atoms with Crippen molar-refractivity contribution in [2.24, 2.45) is 5.84 Å². The molecule has 0 unspecified atom stereocenters. The molecular formula is C19H32N2O3. The Morgan fingerprint density at radius 1 is 1.04 bits per heavy atom. The minimum Gasteiger partial charge on any atom is -0.462 e. The van der Waals surface area contributed by atoms with E-state index in [1.807, 2.05) is 0 Å². The SMILES string of the molecule is CCCCCCCCCCON(N)c1cccc(C(=O)OCC)c1. The highest BCUT2D eigenvalue weighted by Crippen LogP contribution is 2.15. The van der Waals surface area contributed by atoms with E-state index in [0.29, 0.717) is 24.5 Å². The van der Waals surface area contributed by atoms with Crippen LogP contribution in [0, 0.1) is 0 Å². The predicted octanol–water partition coefficient (Wildman–Crippen LogP) is 4.62. The summed E-state index contributed by atoms with van der Waals surface area (Å²) in [6.45, 7) is 4.95. The number of rotatable bonds is 13. The molecule has 0 fully saturated rings. The second kappa shape index (κ2) is 12.8. The first-order chi connectivity index (χ1) is 11.7. The molecule has 1 rings (SSSR count). The van der Waals surface area contributed by atoms with Gasteiger partial charge in [0.15, 0.2) is 0 Å². The van der Waals surface area contributed by atoms with E-state index in [9.17, 15) is 4.79 Å². The Morgan fingerprint density at radius 2 is 1.71 bits per heavy atom. The molecule has 0 spiro atoms. The van der Waals surface area contributed by atoms with Gasteiger partial charge in [-0.1, -0.05) is 57.9 Å². The van der Waals surface area contributed by atoms with Gasteiger partial charge in [-0.3, -0.25) is 4.84 Å². The molecule has 0 aliphatic rings. The molecule has 0 saturated heterocycles. The maximum atomic E-state index is 11.7. The van der Waals surface area contributed by atoms with Crippen molar-refractivity contribution in [1.82, 2.24) is 0 Å². The number of unbranched alkanes of at least 4 members (excludes halogenated alkanes) is 7. The lowest BCUT2D eigenvalue weighted by molar-refractivity contribution is 0.0526. The Kier molecular flexibility index (Phi) is 10.9. The van der Waals surface area contributed by atoms with E-state index in [1.54, 1.807) is 31.2 Å². The molecule has 0 aromatic heterocycles. The number of carbonyl (C=O) groups excluding carboxylic acids is 1. The zero-order valence-electron chi connectivity index (χ0n) is 15.1. The van der Waals surface area contributed by atoms with Crippen molar-refractivity contribution >= 4 is 11.7 Å². The summed E-state index contributed by atoms with van der Waals surface area (Å²) in [4.78, 5) is 17.3. The highest BCUT2D eigenvalue weighted by molar-refractivity contribution is 5.90. The van der Waals surface area contributed by atoms with Crippen LogP contribution in [0.1, 0.15) is 75.6 Å². The van der Waals surface area contributed by atoms with Crippen LogP contribution in [0.25, 0.3) is 0 Å². The van der Waals surface area contributed by atoms with Crippen LogP contribution < -0.4 is 11.0 Å². The fourth-order valence-electron chi connectivity index (χ4n) is 2.46. The monoisotopic (exact) mass is 336 g/mol. The molecule has 0 radical (unpaired) electrons. The van der Waals surface area contributed by atoms with Crippen LogP contribution in [0.5, 0.6) is 0 Å². The number of nitrogens with two attached hydrogens (primary N) is 1. The van der Waals surface area contributed by atoms with Crippen LogP contribution in [0.15, 0.2) is 24.3 Å². The van der Waals surface area contributed by atoms with E-state index in [4.69, 9.17) is 15.4 Å². The third-order valence-corrected chi connectivity index (χ3v) is 3.84. The summed E-state index contributed by atoms with van der Waals surface area (Å²) in [5.74, 6) is 5.54. The molecule has 5 nitrogen and oxygen atoms in total. The Bertz CT molecular complexity index is 466. The third-order valence-electron chi connectivity index (χ3n) is 3.84. The Balaban J connectivity index is 2.22. The maximum Gasteiger partial charge on any atom is 0.338 e. The molecule has 0 atom stereocenters. The van der Waals surface area contributed by atoms with Gasteiger partial charge in [0.2, 0.25) is 0 Å². The first kappa shape index (κ1) is 20.5. The largest absolute Gasteiger partial charge is 0.462 e. The van der Waals surface area contributed by atoms with Crippen molar-refractivity contribution in [1.29, 1.82) is 0 Å². The highest BCUT2D eigenvalue weighted by Gasteiger charge is 2.09. The standard InChI is InChI=1S/C19H32N2O3/c1-3-5-6-7-8-9-10-11-15-24-21(20)18-14-12-13-17(16-18)19(22)23-4-2/h12-14,16H,3-11,15,20H2,1-2H3. The Hall–Kier alpha value is -1.59. The van der Waals surface area contributed by atoms with Crippen molar-refractivity contribution in [2.45, 2.75) is 65.2 Å². The highest BCUT2D eigenvalue weighted by atomic mass is 16.7. The number of nitrogens with zero attached hydrogens (tertiary/aromatic N) is 1. The number of carbonyl (C=O) groups is 1.